The molecule has 2 rings (SSSR count). The van der Waals surface area contributed by atoms with Gasteiger partial charge in [-0.2, -0.15) is 0 Å². The minimum absolute atomic E-state index is 0.242. The maximum absolute atomic E-state index is 13.6. The van der Waals surface area contributed by atoms with Crippen LogP contribution in [0.15, 0.2) is 22.7 Å². The quantitative estimate of drug-likeness (QED) is 0.478. The lowest BCUT2D eigenvalue weighted by molar-refractivity contribution is -0.133. The molecule has 32 heavy (non-hydrogen) atoms. The Morgan fingerprint density at radius 1 is 1.00 bits per heavy atom. The van der Waals surface area contributed by atoms with Gasteiger partial charge in [-0.3, -0.25) is 14.5 Å². The number of halogens is 1. The van der Waals surface area contributed by atoms with Crippen LogP contribution in [0.5, 0.6) is 0 Å². The summed E-state index contributed by atoms with van der Waals surface area (Å²) < 4.78 is 11.5. The van der Waals surface area contributed by atoms with Crippen LogP contribution >= 0.6 is 15.9 Å². The van der Waals surface area contributed by atoms with Gasteiger partial charge < -0.3 is 9.47 Å². The summed E-state index contributed by atoms with van der Waals surface area (Å²) in [7, 11) is 0. The van der Waals surface area contributed by atoms with E-state index in [-0.39, 0.29) is 6.42 Å². The van der Waals surface area contributed by atoms with Crippen molar-refractivity contribution in [3.8, 4) is 0 Å². The van der Waals surface area contributed by atoms with Crippen molar-refractivity contribution in [1.29, 1.82) is 0 Å². The van der Waals surface area contributed by atoms with Crippen LogP contribution < -0.4 is 5.06 Å². The van der Waals surface area contributed by atoms with E-state index < -0.39 is 40.9 Å². The van der Waals surface area contributed by atoms with Gasteiger partial charge in [-0.15, -0.1) is 5.06 Å². The smallest absolute Gasteiger partial charge is 0.444 e. The van der Waals surface area contributed by atoms with Crippen LogP contribution in [-0.4, -0.2) is 45.8 Å². The van der Waals surface area contributed by atoms with E-state index >= 15 is 0 Å². The van der Waals surface area contributed by atoms with Crippen LogP contribution in [0, 0.1) is 0 Å². The summed E-state index contributed by atoms with van der Waals surface area (Å²) in [4.78, 5) is 45.9. The Hall–Kier alpha value is -2.29. The molecule has 1 aromatic rings. The standard InChI is InChI=1S/C23H33BrN2O6/c1-21(2,3)25(19(28)30-22(4,5)6)17-12-14-10-11-15(24)13-16(14)26(18(17)27)32-20(29)31-23(7,8)9/h10-11,13,17H,12H2,1-9H3/t17-/m0/s1. The Labute approximate surface area is 198 Å². The van der Waals surface area contributed by atoms with Crippen LogP contribution in [0.3, 0.4) is 0 Å². The van der Waals surface area contributed by atoms with E-state index in [1.807, 2.05) is 32.9 Å². The van der Waals surface area contributed by atoms with Crippen molar-refractivity contribution < 1.29 is 28.7 Å². The predicted molar refractivity (Wildman–Crippen MR) is 124 cm³/mol. The number of benzene rings is 1. The molecule has 0 saturated heterocycles. The predicted octanol–water partition coefficient (Wildman–Crippen LogP) is 5.61. The third kappa shape index (κ3) is 6.60. The van der Waals surface area contributed by atoms with Gasteiger partial charge in [0.1, 0.15) is 17.2 Å². The van der Waals surface area contributed by atoms with Crippen molar-refractivity contribution >= 4 is 39.8 Å². The number of carbonyl (C=O) groups is 3. The third-order valence-electron chi connectivity index (χ3n) is 4.34. The maximum atomic E-state index is 13.6. The zero-order chi connectivity index (χ0) is 24.6. The zero-order valence-corrected chi connectivity index (χ0v) is 21.8. The molecule has 9 heteroatoms. The highest BCUT2D eigenvalue weighted by Gasteiger charge is 2.46. The van der Waals surface area contributed by atoms with Crippen LogP contribution in [0.4, 0.5) is 15.3 Å². The Bertz CT molecular complexity index is 895. The Morgan fingerprint density at radius 3 is 2.06 bits per heavy atom. The van der Waals surface area contributed by atoms with Gasteiger partial charge in [-0.25, -0.2) is 9.59 Å². The van der Waals surface area contributed by atoms with Crippen LogP contribution in [0.2, 0.25) is 0 Å². The first kappa shape index (κ1) is 26.0. The van der Waals surface area contributed by atoms with Crippen molar-refractivity contribution in [2.24, 2.45) is 0 Å². The Balaban J connectivity index is 2.50. The molecule has 0 unspecified atom stereocenters. The Morgan fingerprint density at radius 2 is 1.56 bits per heavy atom. The van der Waals surface area contributed by atoms with E-state index in [0.717, 1.165) is 10.6 Å². The molecule has 1 aliphatic heterocycles. The summed E-state index contributed by atoms with van der Waals surface area (Å²) in [5.41, 5.74) is -1.15. The van der Waals surface area contributed by atoms with Gasteiger partial charge in [0.15, 0.2) is 0 Å². The lowest BCUT2D eigenvalue weighted by Crippen LogP contribution is -2.61. The summed E-state index contributed by atoms with van der Waals surface area (Å²) in [6, 6.07) is 4.39. The summed E-state index contributed by atoms with van der Waals surface area (Å²) in [6.07, 6.45) is -1.40. The number of carbonyl (C=O) groups excluding carboxylic acids is 3. The SMILES string of the molecule is CC(C)(C)OC(=O)ON1C(=O)[C@@H](N(C(=O)OC(C)(C)C)C(C)(C)C)Cc2ccc(Br)cc21. The monoisotopic (exact) mass is 512 g/mol. The number of ether oxygens (including phenoxy) is 2. The number of hydrogen-bond donors (Lipinski definition) is 0. The number of fused-ring (bicyclic) bond motifs is 1. The van der Waals surface area contributed by atoms with E-state index in [4.69, 9.17) is 14.3 Å². The molecule has 178 valence electrons. The van der Waals surface area contributed by atoms with Gasteiger partial charge in [-0.05, 0) is 80.0 Å². The molecule has 0 bridgehead atoms. The lowest BCUT2D eigenvalue weighted by atomic mass is 9.94. The van der Waals surface area contributed by atoms with Crippen molar-refractivity contribution in [1.82, 2.24) is 4.90 Å². The normalized spacial score (nSPS) is 16.9. The summed E-state index contributed by atoms with van der Waals surface area (Å²) in [5, 5.41) is 0.908. The molecule has 0 N–H and O–H groups in total. The molecule has 0 saturated carbocycles. The highest BCUT2D eigenvalue weighted by Crippen LogP contribution is 2.35. The molecule has 0 spiro atoms. The second kappa shape index (κ2) is 8.92. The highest BCUT2D eigenvalue weighted by molar-refractivity contribution is 9.10. The number of anilines is 1. The largest absolute Gasteiger partial charge is 0.534 e. The number of hydroxylamine groups is 1. The van der Waals surface area contributed by atoms with Crippen LogP contribution in [0.25, 0.3) is 0 Å². The number of rotatable bonds is 2. The third-order valence-corrected chi connectivity index (χ3v) is 4.84. The van der Waals surface area contributed by atoms with E-state index in [2.05, 4.69) is 15.9 Å². The van der Waals surface area contributed by atoms with Gasteiger partial charge in [0, 0.05) is 16.4 Å². The molecule has 1 aromatic carbocycles. The second-order valence-corrected chi connectivity index (χ2v) is 11.6. The number of hydrogen-bond acceptors (Lipinski definition) is 6. The molecule has 8 nitrogen and oxygen atoms in total. The first-order valence-corrected chi connectivity index (χ1v) is 11.2. The molecular weight excluding hydrogens is 480 g/mol. The number of nitrogens with zero attached hydrogens (tertiary/aromatic N) is 2. The van der Waals surface area contributed by atoms with Gasteiger partial charge in [0.2, 0.25) is 0 Å². The maximum Gasteiger partial charge on any atom is 0.534 e. The lowest BCUT2D eigenvalue weighted by Gasteiger charge is -2.44. The highest BCUT2D eigenvalue weighted by atomic mass is 79.9. The molecule has 0 aromatic heterocycles. The van der Waals surface area contributed by atoms with Gasteiger partial charge in [0.25, 0.3) is 5.91 Å². The molecule has 1 aliphatic rings. The van der Waals surface area contributed by atoms with E-state index in [9.17, 15) is 14.4 Å². The molecular formula is C23H33BrN2O6. The topological polar surface area (TPSA) is 85.4 Å². The van der Waals surface area contributed by atoms with E-state index in [1.165, 1.54) is 4.90 Å². The first-order valence-electron chi connectivity index (χ1n) is 10.4. The van der Waals surface area contributed by atoms with E-state index in [0.29, 0.717) is 10.2 Å². The van der Waals surface area contributed by atoms with Gasteiger partial charge >= 0.3 is 12.2 Å². The first-order chi connectivity index (χ1) is 14.4. The zero-order valence-electron chi connectivity index (χ0n) is 20.2. The average Bonchev–Trinajstić information content (AvgIpc) is 2.54. The fourth-order valence-corrected chi connectivity index (χ4v) is 3.62. The summed E-state index contributed by atoms with van der Waals surface area (Å²) >= 11 is 3.39. The minimum Gasteiger partial charge on any atom is -0.444 e. The molecule has 1 atom stereocenters. The van der Waals surface area contributed by atoms with Gasteiger partial charge in [0.05, 0.1) is 5.69 Å². The molecule has 0 radical (unpaired) electrons. The van der Waals surface area contributed by atoms with E-state index in [1.54, 1.807) is 47.6 Å². The van der Waals surface area contributed by atoms with Gasteiger partial charge in [-0.1, -0.05) is 22.0 Å². The molecule has 0 fully saturated rings. The van der Waals surface area contributed by atoms with Crippen molar-refractivity contribution in [3.63, 3.8) is 0 Å². The van der Waals surface area contributed by atoms with Crippen molar-refractivity contribution in [3.05, 3.63) is 28.2 Å². The van der Waals surface area contributed by atoms with Crippen LogP contribution in [0.1, 0.15) is 67.9 Å². The molecule has 2 amide bonds. The summed E-state index contributed by atoms with van der Waals surface area (Å²) in [6.45, 7) is 15.8. The molecule has 1 heterocycles. The van der Waals surface area contributed by atoms with Crippen LogP contribution in [-0.2, 0) is 25.5 Å². The fraction of sp³-hybridized carbons (Fsp3) is 0.609. The summed E-state index contributed by atoms with van der Waals surface area (Å²) in [5.74, 6) is -0.567. The average molecular weight is 513 g/mol. The number of amides is 2. The van der Waals surface area contributed by atoms with Crippen molar-refractivity contribution in [2.45, 2.75) is 91.5 Å². The van der Waals surface area contributed by atoms with Crippen molar-refractivity contribution in [2.75, 3.05) is 5.06 Å². The second-order valence-electron chi connectivity index (χ2n) is 10.7. The fourth-order valence-electron chi connectivity index (χ4n) is 3.27. The minimum atomic E-state index is -1.02. The molecule has 0 aliphatic carbocycles. The Kier molecular flexibility index (Phi) is 7.24.